The van der Waals surface area contributed by atoms with Crippen LogP contribution in [0.15, 0.2) is 71.5 Å². The lowest BCUT2D eigenvalue weighted by Gasteiger charge is -2.33. The van der Waals surface area contributed by atoms with Gasteiger partial charge in [0.25, 0.3) is 0 Å². The number of halogens is 4. The van der Waals surface area contributed by atoms with E-state index in [1.807, 2.05) is 6.07 Å². The van der Waals surface area contributed by atoms with E-state index in [9.17, 15) is 37.8 Å². The monoisotopic (exact) mass is 442 g/mol. The highest BCUT2D eigenvalue weighted by molar-refractivity contribution is 6.14. The van der Waals surface area contributed by atoms with Gasteiger partial charge < -0.3 is 15.1 Å². The van der Waals surface area contributed by atoms with Gasteiger partial charge in [-0.3, -0.25) is 4.79 Å². The number of nitrogens with zero attached hydrogens (tertiary/aromatic N) is 2. The lowest BCUT2D eigenvalue weighted by molar-refractivity contribution is -0.140. The zero-order valence-corrected chi connectivity index (χ0v) is 16.2. The minimum atomic E-state index is -4.89. The fraction of sp³-hybridized carbons (Fsp3) is 0.130. The molecule has 1 unspecified atom stereocenters. The molecule has 2 aromatic carbocycles. The zero-order valence-electron chi connectivity index (χ0n) is 16.2. The predicted octanol–water partition coefficient (Wildman–Crippen LogP) is 4.10. The van der Waals surface area contributed by atoms with Crippen molar-refractivity contribution >= 4 is 17.0 Å². The van der Waals surface area contributed by atoms with E-state index >= 15 is 0 Å². The van der Waals surface area contributed by atoms with Gasteiger partial charge in [-0.2, -0.15) is 18.4 Å². The largest absolute Gasteiger partial charge is 0.508 e. The number of aliphatic hydroxyl groups excluding tert-OH is 1. The molecule has 1 aliphatic heterocycles. The smallest absolute Gasteiger partial charge is 0.419 e. The number of Topliss-reactive ketones (excluding diaryl/α,β-unsaturated/α-hetero) is 1. The summed E-state index contributed by atoms with van der Waals surface area (Å²) in [7, 11) is 0. The molecule has 0 aromatic heterocycles. The highest BCUT2D eigenvalue weighted by Crippen LogP contribution is 2.40. The summed E-state index contributed by atoms with van der Waals surface area (Å²) >= 11 is 0. The maximum atomic E-state index is 14.3. The minimum absolute atomic E-state index is 0.000428. The number of anilines is 1. The lowest BCUT2D eigenvalue weighted by atomic mass is 9.80. The van der Waals surface area contributed by atoms with Crippen LogP contribution >= 0.6 is 0 Å². The van der Waals surface area contributed by atoms with Gasteiger partial charge in [0.2, 0.25) is 0 Å². The first kappa shape index (κ1) is 21.3. The molecule has 0 amide bonds. The van der Waals surface area contributed by atoms with Crippen molar-refractivity contribution in [2.75, 3.05) is 11.4 Å². The van der Waals surface area contributed by atoms with Crippen LogP contribution in [0.1, 0.15) is 11.1 Å². The fourth-order valence-corrected chi connectivity index (χ4v) is 3.71. The molecule has 0 saturated heterocycles. The number of carbonyl (C=O) groups excluding carboxylic acids is 1. The predicted molar refractivity (Wildman–Crippen MR) is 107 cm³/mol. The van der Waals surface area contributed by atoms with E-state index in [-0.39, 0.29) is 40.2 Å². The van der Waals surface area contributed by atoms with E-state index in [2.05, 4.69) is 0 Å². The van der Waals surface area contributed by atoms with E-state index in [4.69, 9.17) is 0 Å². The summed E-state index contributed by atoms with van der Waals surface area (Å²) in [4.78, 5) is 14.4. The Balaban J connectivity index is 1.91. The number of fused-ring (bicyclic) bond motifs is 1. The van der Waals surface area contributed by atoms with E-state index in [0.29, 0.717) is 17.8 Å². The Bertz CT molecular complexity index is 1250. The van der Waals surface area contributed by atoms with Crippen LogP contribution in [0, 0.1) is 17.1 Å². The van der Waals surface area contributed by atoms with Gasteiger partial charge in [0, 0.05) is 29.6 Å². The summed E-state index contributed by atoms with van der Waals surface area (Å²) in [5, 5.41) is 29.1. The average Bonchev–Trinajstić information content (AvgIpc) is 2.75. The molecule has 162 valence electrons. The van der Waals surface area contributed by atoms with Crippen LogP contribution in [-0.2, 0) is 11.0 Å². The fourth-order valence-electron chi connectivity index (χ4n) is 3.71. The number of alkyl halides is 3. The quantitative estimate of drug-likeness (QED) is 0.685. The van der Waals surface area contributed by atoms with Gasteiger partial charge in [0.05, 0.1) is 17.2 Å². The summed E-state index contributed by atoms with van der Waals surface area (Å²) in [5.41, 5.74) is -0.604. The topological polar surface area (TPSA) is 84.6 Å². The zero-order chi connectivity index (χ0) is 23.2. The van der Waals surface area contributed by atoms with Gasteiger partial charge in [0.15, 0.2) is 5.78 Å². The molecule has 5 nitrogen and oxygen atoms in total. The minimum Gasteiger partial charge on any atom is -0.508 e. The van der Waals surface area contributed by atoms with Crippen molar-refractivity contribution < 1.29 is 32.6 Å². The van der Waals surface area contributed by atoms with Crippen LogP contribution in [0.2, 0.25) is 0 Å². The molecule has 0 radical (unpaired) electrons. The van der Waals surface area contributed by atoms with E-state index < -0.39 is 29.4 Å². The molecule has 0 spiro atoms. The van der Waals surface area contributed by atoms with E-state index in [0.717, 1.165) is 12.1 Å². The summed E-state index contributed by atoms with van der Waals surface area (Å²) in [5.74, 6) is -2.24. The number of ketones is 1. The second-order valence-corrected chi connectivity index (χ2v) is 7.23. The number of allylic oxidation sites excluding steroid dienone is 2. The first-order valence-corrected chi connectivity index (χ1v) is 9.33. The second-order valence-electron chi connectivity index (χ2n) is 7.23. The van der Waals surface area contributed by atoms with Crippen LogP contribution in [0.5, 0.6) is 5.75 Å². The van der Waals surface area contributed by atoms with Gasteiger partial charge in [-0.1, -0.05) is 6.07 Å². The number of nitriles is 1. The first-order valence-electron chi connectivity index (χ1n) is 9.33. The van der Waals surface area contributed by atoms with E-state index in [1.54, 1.807) is 17.0 Å². The lowest BCUT2D eigenvalue weighted by Crippen LogP contribution is -2.33. The van der Waals surface area contributed by atoms with Crippen LogP contribution in [0.3, 0.4) is 0 Å². The summed E-state index contributed by atoms with van der Waals surface area (Å²) in [6.45, 7) is -0.0500. The third-order valence-electron chi connectivity index (χ3n) is 5.24. The van der Waals surface area contributed by atoms with Crippen molar-refractivity contribution in [1.29, 1.82) is 5.26 Å². The highest BCUT2D eigenvalue weighted by atomic mass is 19.4. The molecule has 32 heavy (non-hydrogen) atoms. The molecule has 1 aliphatic carbocycles. The Hall–Kier alpha value is -3.90. The number of aromatic hydroxyl groups is 1. The number of rotatable bonds is 2. The number of phenolic OH excluding ortho intramolecular Hbond substituents is 1. The Morgan fingerprint density at radius 2 is 1.81 bits per heavy atom. The molecule has 2 aliphatic rings. The van der Waals surface area contributed by atoms with E-state index in [1.165, 1.54) is 18.3 Å². The van der Waals surface area contributed by atoms with Crippen molar-refractivity contribution in [2.24, 2.45) is 0 Å². The van der Waals surface area contributed by atoms with Gasteiger partial charge in [-0.05, 0) is 53.6 Å². The van der Waals surface area contributed by atoms with Crippen molar-refractivity contribution in [3.05, 3.63) is 88.4 Å². The average molecular weight is 442 g/mol. The highest BCUT2D eigenvalue weighted by Gasteiger charge is 2.37. The van der Waals surface area contributed by atoms with Crippen LogP contribution in [-0.4, -0.2) is 28.6 Å². The molecule has 1 heterocycles. The summed E-state index contributed by atoms with van der Waals surface area (Å²) in [6, 6.07) is 10.2. The third kappa shape index (κ3) is 3.65. The molecule has 0 saturated carbocycles. The van der Waals surface area contributed by atoms with Crippen LogP contribution in [0.25, 0.3) is 5.57 Å². The van der Waals surface area contributed by atoms with Crippen LogP contribution in [0.4, 0.5) is 23.2 Å². The SMILES string of the molecule is N#CC1=CC(O)C(=O)C2=C(c3ccc(C(F)(F)F)c(F)c3)CN(c3ccc(O)cc3)C=C12. The maximum absolute atomic E-state index is 14.3. The number of aliphatic hydroxyl groups is 1. The third-order valence-corrected chi connectivity index (χ3v) is 5.24. The van der Waals surface area contributed by atoms with Crippen molar-refractivity contribution in [3.63, 3.8) is 0 Å². The van der Waals surface area contributed by atoms with Crippen molar-refractivity contribution in [3.8, 4) is 11.8 Å². The Kier molecular flexibility index (Phi) is 5.11. The van der Waals surface area contributed by atoms with Crippen molar-refractivity contribution in [1.82, 2.24) is 0 Å². The van der Waals surface area contributed by atoms with Crippen LogP contribution < -0.4 is 4.90 Å². The summed E-state index contributed by atoms with van der Waals surface area (Å²) in [6.07, 6.45) is -3.90. The second kappa shape index (κ2) is 7.66. The standard InChI is InChI=1S/C23H14F4N2O3/c24-19-7-12(1-6-18(19)23(25,26)27)16-10-29(14-2-4-15(30)5-3-14)11-17-13(9-28)8-20(31)22(32)21(16)17/h1-8,11,20,30-31H,10H2. The molecule has 9 heteroatoms. The molecule has 2 aromatic rings. The number of hydrogen-bond acceptors (Lipinski definition) is 5. The first-order chi connectivity index (χ1) is 15.1. The Morgan fingerprint density at radius 3 is 2.41 bits per heavy atom. The normalized spacial score (nSPS) is 18.7. The number of phenols is 1. The molecule has 0 bridgehead atoms. The molecular weight excluding hydrogens is 428 g/mol. The number of carbonyl (C=O) groups is 1. The Labute approximate surface area is 179 Å². The molecule has 0 fully saturated rings. The summed E-state index contributed by atoms with van der Waals surface area (Å²) < 4.78 is 53.3. The Morgan fingerprint density at radius 1 is 1.12 bits per heavy atom. The van der Waals surface area contributed by atoms with Gasteiger partial charge in [-0.25, -0.2) is 4.39 Å². The van der Waals surface area contributed by atoms with Crippen molar-refractivity contribution in [2.45, 2.75) is 12.3 Å². The number of hydrogen-bond donors (Lipinski definition) is 2. The molecule has 4 rings (SSSR count). The maximum Gasteiger partial charge on any atom is 0.419 e. The van der Waals surface area contributed by atoms with Gasteiger partial charge >= 0.3 is 6.18 Å². The number of benzene rings is 2. The van der Waals surface area contributed by atoms with Gasteiger partial charge in [0.1, 0.15) is 17.7 Å². The molecule has 1 atom stereocenters. The molecule has 2 N–H and O–H groups in total. The molecular formula is C23H14F4N2O3. The van der Waals surface area contributed by atoms with Gasteiger partial charge in [-0.15, -0.1) is 0 Å².